The molecule has 3 heteroatoms. The van der Waals surface area contributed by atoms with Crippen LogP contribution < -0.4 is 5.73 Å². The fourth-order valence-electron chi connectivity index (χ4n) is 1.38. The summed E-state index contributed by atoms with van der Waals surface area (Å²) >= 11 is 1.74. The average molecular weight is 218 g/mol. The number of aromatic nitrogens is 1. The zero-order chi connectivity index (χ0) is 10.8. The van der Waals surface area contributed by atoms with Gasteiger partial charge in [-0.05, 0) is 17.7 Å². The van der Waals surface area contributed by atoms with Gasteiger partial charge in [0.15, 0.2) is 0 Å². The Morgan fingerprint density at radius 1 is 1.33 bits per heavy atom. The molecule has 0 amide bonds. The zero-order valence-corrected chi connectivity index (χ0v) is 9.71. The van der Waals surface area contributed by atoms with Crippen LogP contribution >= 0.6 is 11.3 Å². The van der Waals surface area contributed by atoms with E-state index in [-0.39, 0.29) is 0 Å². The van der Waals surface area contributed by atoms with E-state index in [9.17, 15) is 0 Å². The third-order valence-electron chi connectivity index (χ3n) is 2.19. The number of nitrogen functional groups attached to an aromatic ring is 1. The molecule has 0 aliphatic carbocycles. The standard InChI is InChI=1S/C12H14N2S/c1-8(2)12-14-7-11(15-12)9-4-3-5-10(13)6-9/h3-8H,13H2,1-2H3. The van der Waals surface area contributed by atoms with Crippen LogP contribution in [0.4, 0.5) is 5.69 Å². The van der Waals surface area contributed by atoms with Crippen LogP contribution in [0.1, 0.15) is 24.8 Å². The average Bonchev–Trinajstić information content (AvgIpc) is 2.66. The van der Waals surface area contributed by atoms with Crippen molar-refractivity contribution < 1.29 is 0 Å². The minimum absolute atomic E-state index is 0.491. The molecule has 0 bridgehead atoms. The van der Waals surface area contributed by atoms with E-state index < -0.39 is 0 Å². The molecule has 0 unspecified atom stereocenters. The van der Waals surface area contributed by atoms with Gasteiger partial charge in [-0.2, -0.15) is 0 Å². The number of benzene rings is 1. The van der Waals surface area contributed by atoms with Crippen molar-refractivity contribution in [3.8, 4) is 10.4 Å². The van der Waals surface area contributed by atoms with E-state index in [1.165, 1.54) is 9.88 Å². The van der Waals surface area contributed by atoms with Gasteiger partial charge in [0.05, 0.1) is 9.88 Å². The van der Waals surface area contributed by atoms with Gasteiger partial charge in [-0.25, -0.2) is 4.98 Å². The summed E-state index contributed by atoms with van der Waals surface area (Å²) in [6.07, 6.45) is 1.93. The van der Waals surface area contributed by atoms with Crippen molar-refractivity contribution in [2.24, 2.45) is 0 Å². The third-order valence-corrected chi connectivity index (χ3v) is 3.54. The first-order valence-corrected chi connectivity index (χ1v) is 5.80. The van der Waals surface area contributed by atoms with E-state index in [0.29, 0.717) is 5.92 Å². The summed E-state index contributed by atoms with van der Waals surface area (Å²) in [7, 11) is 0. The van der Waals surface area contributed by atoms with Gasteiger partial charge in [0.1, 0.15) is 0 Å². The van der Waals surface area contributed by atoms with Gasteiger partial charge in [-0.3, -0.25) is 0 Å². The molecule has 2 rings (SSSR count). The Hall–Kier alpha value is -1.35. The van der Waals surface area contributed by atoms with Crippen molar-refractivity contribution in [1.82, 2.24) is 4.98 Å². The molecular formula is C12H14N2S. The summed E-state index contributed by atoms with van der Waals surface area (Å²) in [5, 5.41) is 1.17. The van der Waals surface area contributed by atoms with E-state index in [1.54, 1.807) is 11.3 Å². The van der Waals surface area contributed by atoms with Gasteiger partial charge < -0.3 is 5.73 Å². The monoisotopic (exact) mass is 218 g/mol. The topological polar surface area (TPSA) is 38.9 Å². The number of thiazole rings is 1. The SMILES string of the molecule is CC(C)c1ncc(-c2cccc(N)c2)s1. The number of anilines is 1. The fourth-order valence-corrected chi connectivity index (χ4v) is 2.30. The number of nitrogens with two attached hydrogens (primary N) is 1. The lowest BCUT2D eigenvalue weighted by Crippen LogP contribution is -1.83. The van der Waals surface area contributed by atoms with E-state index >= 15 is 0 Å². The van der Waals surface area contributed by atoms with E-state index in [2.05, 4.69) is 24.9 Å². The van der Waals surface area contributed by atoms with Crippen molar-refractivity contribution >= 4 is 17.0 Å². The molecule has 0 atom stereocenters. The molecule has 2 aromatic rings. The molecule has 0 spiro atoms. The van der Waals surface area contributed by atoms with Crippen LogP contribution in [0.3, 0.4) is 0 Å². The summed E-state index contributed by atoms with van der Waals surface area (Å²) < 4.78 is 0. The highest BCUT2D eigenvalue weighted by Crippen LogP contribution is 2.30. The molecule has 0 radical (unpaired) electrons. The van der Waals surface area contributed by atoms with Crippen molar-refractivity contribution in [3.05, 3.63) is 35.5 Å². The van der Waals surface area contributed by atoms with Gasteiger partial charge in [0.2, 0.25) is 0 Å². The summed E-state index contributed by atoms with van der Waals surface area (Å²) in [4.78, 5) is 5.59. The lowest BCUT2D eigenvalue weighted by atomic mass is 10.2. The second-order valence-electron chi connectivity index (χ2n) is 3.84. The number of hydrogen-bond donors (Lipinski definition) is 1. The van der Waals surface area contributed by atoms with E-state index in [0.717, 1.165) is 11.3 Å². The first-order chi connectivity index (χ1) is 7.16. The van der Waals surface area contributed by atoms with Gasteiger partial charge in [0, 0.05) is 17.8 Å². The maximum absolute atomic E-state index is 5.75. The third kappa shape index (κ3) is 2.18. The van der Waals surface area contributed by atoms with Crippen LogP contribution in [-0.4, -0.2) is 4.98 Å². The van der Waals surface area contributed by atoms with Crippen LogP contribution in [0.15, 0.2) is 30.5 Å². The van der Waals surface area contributed by atoms with E-state index in [4.69, 9.17) is 5.73 Å². The Morgan fingerprint density at radius 2 is 2.13 bits per heavy atom. The van der Waals surface area contributed by atoms with Crippen LogP contribution in [0.5, 0.6) is 0 Å². The quantitative estimate of drug-likeness (QED) is 0.783. The predicted molar refractivity (Wildman–Crippen MR) is 66.1 cm³/mol. The van der Waals surface area contributed by atoms with Crippen LogP contribution in [0.2, 0.25) is 0 Å². The molecule has 78 valence electrons. The molecule has 15 heavy (non-hydrogen) atoms. The molecule has 2 N–H and O–H groups in total. The molecule has 0 fully saturated rings. The highest BCUT2D eigenvalue weighted by Gasteiger charge is 2.07. The first kappa shape index (κ1) is 10.2. The Kier molecular flexibility index (Phi) is 2.73. The summed E-state index contributed by atoms with van der Waals surface area (Å²) in [6.45, 7) is 4.31. The first-order valence-electron chi connectivity index (χ1n) is 4.98. The zero-order valence-electron chi connectivity index (χ0n) is 8.90. The lowest BCUT2D eigenvalue weighted by molar-refractivity contribution is 0.852. The van der Waals surface area contributed by atoms with Crippen molar-refractivity contribution in [3.63, 3.8) is 0 Å². The normalized spacial score (nSPS) is 10.9. The van der Waals surface area contributed by atoms with Crippen molar-refractivity contribution in [2.45, 2.75) is 19.8 Å². The second-order valence-corrected chi connectivity index (χ2v) is 4.91. The molecule has 0 aliphatic heterocycles. The summed E-state index contributed by atoms with van der Waals surface area (Å²) in [5.74, 6) is 0.491. The van der Waals surface area contributed by atoms with E-state index in [1.807, 2.05) is 24.4 Å². The minimum atomic E-state index is 0.491. The Morgan fingerprint density at radius 3 is 2.73 bits per heavy atom. The lowest BCUT2D eigenvalue weighted by Gasteiger charge is -1.98. The molecule has 0 aliphatic rings. The van der Waals surface area contributed by atoms with Gasteiger partial charge in [-0.15, -0.1) is 11.3 Å². The van der Waals surface area contributed by atoms with Crippen LogP contribution in [-0.2, 0) is 0 Å². The van der Waals surface area contributed by atoms with Crippen molar-refractivity contribution in [1.29, 1.82) is 0 Å². The minimum Gasteiger partial charge on any atom is -0.399 e. The van der Waals surface area contributed by atoms with Crippen LogP contribution in [0.25, 0.3) is 10.4 Å². The number of nitrogens with zero attached hydrogens (tertiary/aromatic N) is 1. The van der Waals surface area contributed by atoms with Gasteiger partial charge in [0.25, 0.3) is 0 Å². The molecule has 0 saturated heterocycles. The maximum atomic E-state index is 5.75. The highest BCUT2D eigenvalue weighted by atomic mass is 32.1. The Bertz CT molecular complexity index is 460. The smallest absolute Gasteiger partial charge is 0.0956 e. The van der Waals surface area contributed by atoms with Crippen LogP contribution in [0, 0.1) is 0 Å². The number of rotatable bonds is 2. The van der Waals surface area contributed by atoms with Crippen molar-refractivity contribution in [2.75, 3.05) is 5.73 Å². The molecule has 1 aromatic carbocycles. The maximum Gasteiger partial charge on any atom is 0.0956 e. The molecule has 1 heterocycles. The van der Waals surface area contributed by atoms with Gasteiger partial charge in [-0.1, -0.05) is 26.0 Å². The molecular weight excluding hydrogens is 204 g/mol. The fraction of sp³-hybridized carbons (Fsp3) is 0.250. The molecule has 1 aromatic heterocycles. The summed E-state index contributed by atoms with van der Waals surface area (Å²) in [6, 6.07) is 7.92. The number of hydrogen-bond acceptors (Lipinski definition) is 3. The highest BCUT2D eigenvalue weighted by molar-refractivity contribution is 7.15. The molecule has 0 saturated carbocycles. The summed E-state index contributed by atoms with van der Waals surface area (Å²) in [5.41, 5.74) is 7.70. The predicted octanol–water partition coefficient (Wildman–Crippen LogP) is 3.52. The largest absolute Gasteiger partial charge is 0.399 e. The Balaban J connectivity index is 2.37. The van der Waals surface area contributed by atoms with Gasteiger partial charge >= 0.3 is 0 Å². The second kappa shape index (κ2) is 4.03. The molecule has 2 nitrogen and oxygen atoms in total. The Labute approximate surface area is 93.8 Å².